The van der Waals surface area contributed by atoms with Gasteiger partial charge in [0, 0.05) is 30.7 Å². The van der Waals surface area contributed by atoms with Crippen LogP contribution in [0.2, 0.25) is 0 Å². The highest BCUT2D eigenvalue weighted by Crippen LogP contribution is 2.07. The highest BCUT2D eigenvalue weighted by molar-refractivity contribution is 5.23. The van der Waals surface area contributed by atoms with Crippen molar-refractivity contribution in [1.82, 2.24) is 19.7 Å². The number of hydrogen-bond acceptors (Lipinski definition) is 4. The fraction of sp³-hybridized carbons (Fsp3) is 0.222. The number of nitrogens with two attached hydrogens (primary N) is 1. The first-order chi connectivity index (χ1) is 6.81. The number of rotatable bonds is 2. The smallest absolute Gasteiger partial charge is 0.171 e. The van der Waals surface area contributed by atoms with Gasteiger partial charge >= 0.3 is 0 Å². The summed E-state index contributed by atoms with van der Waals surface area (Å²) in [6, 6.07) is 0. The largest absolute Gasteiger partial charge is 0.326 e. The highest BCUT2D eigenvalue weighted by Gasteiger charge is 2.04. The SMILES string of the molecule is Cc1nn(-c2cnccn2)cc1CN. The first kappa shape index (κ1) is 8.83. The third-order valence-electron chi connectivity index (χ3n) is 2.00. The molecule has 0 radical (unpaired) electrons. The number of aryl methyl sites for hydroxylation is 1. The van der Waals surface area contributed by atoms with E-state index in [2.05, 4.69) is 15.1 Å². The average Bonchev–Trinajstić information content (AvgIpc) is 2.61. The van der Waals surface area contributed by atoms with E-state index < -0.39 is 0 Å². The van der Waals surface area contributed by atoms with Gasteiger partial charge in [-0.3, -0.25) is 4.98 Å². The first-order valence-electron chi connectivity index (χ1n) is 4.33. The van der Waals surface area contributed by atoms with Crippen LogP contribution in [0.5, 0.6) is 0 Å². The third-order valence-corrected chi connectivity index (χ3v) is 2.00. The molecule has 0 aliphatic rings. The summed E-state index contributed by atoms with van der Waals surface area (Å²) in [7, 11) is 0. The third kappa shape index (κ3) is 1.49. The Labute approximate surface area is 81.6 Å². The Morgan fingerprint density at radius 3 is 2.86 bits per heavy atom. The Morgan fingerprint density at radius 2 is 2.29 bits per heavy atom. The van der Waals surface area contributed by atoms with Crippen molar-refractivity contribution < 1.29 is 0 Å². The lowest BCUT2D eigenvalue weighted by molar-refractivity contribution is 0.824. The maximum atomic E-state index is 5.55. The van der Waals surface area contributed by atoms with Gasteiger partial charge in [0.2, 0.25) is 0 Å². The summed E-state index contributed by atoms with van der Waals surface area (Å²) in [4.78, 5) is 8.11. The Bertz CT molecular complexity index is 420. The lowest BCUT2D eigenvalue weighted by atomic mass is 10.3. The van der Waals surface area contributed by atoms with Crippen LogP contribution in [0.1, 0.15) is 11.3 Å². The summed E-state index contributed by atoms with van der Waals surface area (Å²) in [5, 5.41) is 4.29. The van der Waals surface area contributed by atoms with Crippen molar-refractivity contribution in [3.05, 3.63) is 36.0 Å². The molecule has 0 aliphatic heterocycles. The van der Waals surface area contributed by atoms with E-state index >= 15 is 0 Å². The lowest BCUT2D eigenvalue weighted by Gasteiger charge is -1.96. The van der Waals surface area contributed by atoms with E-state index in [1.165, 1.54) is 0 Å². The Balaban J connectivity index is 2.43. The van der Waals surface area contributed by atoms with Gasteiger partial charge in [-0.1, -0.05) is 0 Å². The molecule has 14 heavy (non-hydrogen) atoms. The Morgan fingerprint density at radius 1 is 1.43 bits per heavy atom. The monoisotopic (exact) mass is 189 g/mol. The minimum atomic E-state index is 0.492. The van der Waals surface area contributed by atoms with Gasteiger partial charge in [0.25, 0.3) is 0 Å². The normalized spacial score (nSPS) is 10.4. The summed E-state index contributed by atoms with van der Waals surface area (Å²) < 4.78 is 1.69. The molecule has 5 heteroatoms. The van der Waals surface area contributed by atoms with Crippen molar-refractivity contribution >= 4 is 0 Å². The molecule has 0 amide bonds. The molecule has 0 spiro atoms. The van der Waals surface area contributed by atoms with Gasteiger partial charge in [0.1, 0.15) is 0 Å². The van der Waals surface area contributed by atoms with E-state index in [0.29, 0.717) is 12.4 Å². The van der Waals surface area contributed by atoms with Crippen LogP contribution in [0.25, 0.3) is 5.82 Å². The zero-order valence-corrected chi connectivity index (χ0v) is 7.88. The van der Waals surface area contributed by atoms with Crippen LogP contribution in [-0.2, 0) is 6.54 Å². The van der Waals surface area contributed by atoms with E-state index in [1.54, 1.807) is 23.3 Å². The van der Waals surface area contributed by atoms with Crippen LogP contribution in [0.4, 0.5) is 0 Å². The summed E-state index contributed by atoms with van der Waals surface area (Å²) in [6.07, 6.45) is 6.80. The quantitative estimate of drug-likeness (QED) is 0.743. The Hall–Kier alpha value is -1.75. The van der Waals surface area contributed by atoms with Gasteiger partial charge in [0.15, 0.2) is 5.82 Å². The molecule has 0 saturated heterocycles. The fourth-order valence-corrected chi connectivity index (χ4v) is 1.22. The molecule has 0 saturated carbocycles. The number of nitrogens with zero attached hydrogens (tertiary/aromatic N) is 4. The van der Waals surface area contributed by atoms with Crippen LogP contribution in [-0.4, -0.2) is 19.7 Å². The van der Waals surface area contributed by atoms with Crippen molar-refractivity contribution in [2.24, 2.45) is 5.73 Å². The van der Waals surface area contributed by atoms with E-state index in [4.69, 9.17) is 5.73 Å². The molecule has 0 unspecified atom stereocenters. The van der Waals surface area contributed by atoms with E-state index in [9.17, 15) is 0 Å². The van der Waals surface area contributed by atoms with Crippen molar-refractivity contribution in [3.8, 4) is 5.82 Å². The molecule has 5 nitrogen and oxygen atoms in total. The van der Waals surface area contributed by atoms with Crippen molar-refractivity contribution in [3.63, 3.8) is 0 Å². The summed E-state index contributed by atoms with van der Waals surface area (Å²) in [6.45, 7) is 2.42. The topological polar surface area (TPSA) is 69.6 Å². The van der Waals surface area contributed by atoms with E-state index in [-0.39, 0.29) is 0 Å². The standard InChI is InChI=1S/C9H11N5/c1-7-8(4-10)6-14(13-7)9-5-11-2-3-12-9/h2-3,5-6H,4,10H2,1H3. The predicted octanol–water partition coefficient (Wildman–Crippen LogP) is 0.429. The minimum absolute atomic E-state index is 0.492. The van der Waals surface area contributed by atoms with Crippen LogP contribution in [0, 0.1) is 6.92 Å². The summed E-state index contributed by atoms with van der Waals surface area (Å²) in [5.74, 6) is 0.704. The van der Waals surface area contributed by atoms with Gasteiger partial charge in [0.05, 0.1) is 11.9 Å². The first-order valence-corrected chi connectivity index (χ1v) is 4.33. The van der Waals surface area contributed by atoms with Gasteiger partial charge in [-0.15, -0.1) is 0 Å². The molecule has 0 aromatic carbocycles. The van der Waals surface area contributed by atoms with Crippen LogP contribution >= 0.6 is 0 Å². The zero-order valence-electron chi connectivity index (χ0n) is 7.88. The molecule has 2 N–H and O–H groups in total. The molecule has 2 rings (SSSR count). The molecular weight excluding hydrogens is 178 g/mol. The average molecular weight is 189 g/mol. The Kier molecular flexibility index (Phi) is 2.24. The van der Waals surface area contributed by atoms with Crippen LogP contribution in [0.3, 0.4) is 0 Å². The maximum absolute atomic E-state index is 5.55. The minimum Gasteiger partial charge on any atom is -0.326 e. The van der Waals surface area contributed by atoms with E-state index in [1.807, 2.05) is 13.1 Å². The van der Waals surface area contributed by atoms with Crippen molar-refractivity contribution in [2.75, 3.05) is 0 Å². The summed E-state index contributed by atoms with van der Waals surface area (Å²) >= 11 is 0. The lowest BCUT2D eigenvalue weighted by Crippen LogP contribution is -1.98. The van der Waals surface area contributed by atoms with Gasteiger partial charge in [-0.25, -0.2) is 9.67 Å². The van der Waals surface area contributed by atoms with E-state index in [0.717, 1.165) is 11.3 Å². The zero-order chi connectivity index (χ0) is 9.97. The fourth-order valence-electron chi connectivity index (χ4n) is 1.22. The molecule has 2 aromatic heterocycles. The van der Waals surface area contributed by atoms with Gasteiger partial charge < -0.3 is 5.73 Å². The maximum Gasteiger partial charge on any atom is 0.171 e. The predicted molar refractivity (Wildman–Crippen MR) is 51.8 cm³/mol. The molecule has 0 fully saturated rings. The number of hydrogen-bond donors (Lipinski definition) is 1. The van der Waals surface area contributed by atoms with Gasteiger partial charge in [-0.2, -0.15) is 5.10 Å². The molecule has 0 atom stereocenters. The van der Waals surface area contributed by atoms with Crippen molar-refractivity contribution in [2.45, 2.75) is 13.5 Å². The second kappa shape index (κ2) is 3.55. The van der Waals surface area contributed by atoms with Gasteiger partial charge in [-0.05, 0) is 6.92 Å². The molecule has 2 heterocycles. The second-order valence-corrected chi connectivity index (χ2v) is 2.95. The van der Waals surface area contributed by atoms with Crippen LogP contribution in [0.15, 0.2) is 24.8 Å². The van der Waals surface area contributed by atoms with Crippen molar-refractivity contribution in [1.29, 1.82) is 0 Å². The molecule has 0 bridgehead atoms. The van der Waals surface area contributed by atoms with Crippen LogP contribution < -0.4 is 5.73 Å². The molecule has 0 aliphatic carbocycles. The highest BCUT2D eigenvalue weighted by atomic mass is 15.3. The summed E-state index contributed by atoms with van der Waals surface area (Å²) in [5.41, 5.74) is 7.51. The molecule has 2 aromatic rings. The second-order valence-electron chi connectivity index (χ2n) is 2.95. The number of aromatic nitrogens is 4. The molecular formula is C9H11N5. The molecule has 72 valence electrons.